The Morgan fingerprint density at radius 1 is 1.24 bits per heavy atom. The van der Waals surface area contributed by atoms with Crippen LogP contribution in [-0.4, -0.2) is 73.5 Å². The van der Waals surface area contributed by atoms with Gasteiger partial charge in [-0.25, -0.2) is 0 Å². The first-order valence-corrected chi connectivity index (χ1v) is 9.76. The fourth-order valence-corrected chi connectivity index (χ4v) is 4.10. The lowest BCUT2D eigenvalue weighted by Gasteiger charge is -2.27. The molecule has 2 heterocycles. The van der Waals surface area contributed by atoms with Gasteiger partial charge in [-0.1, -0.05) is 12.1 Å². The maximum Gasteiger partial charge on any atom is 0.376 e. The zero-order chi connectivity index (χ0) is 18.4. The van der Waals surface area contributed by atoms with Gasteiger partial charge >= 0.3 is 7.05 Å². The number of carbonyl (C=O) groups is 2. The van der Waals surface area contributed by atoms with E-state index < -0.39 is 23.3 Å². The van der Waals surface area contributed by atoms with Gasteiger partial charge < -0.3 is 9.83 Å². The summed E-state index contributed by atoms with van der Waals surface area (Å²) in [5.41, 5.74) is 0.719. The molecule has 25 heavy (non-hydrogen) atoms. The van der Waals surface area contributed by atoms with Gasteiger partial charge in [-0.15, -0.1) is 0 Å². The number of nitrogens with zero attached hydrogens (tertiary/aromatic N) is 2. The smallest absolute Gasteiger partial charge is 0.376 e. The van der Waals surface area contributed by atoms with Crippen molar-refractivity contribution in [2.24, 2.45) is 0 Å². The molecule has 8 nitrogen and oxygen atoms in total. The highest BCUT2D eigenvalue weighted by atomic mass is 32.2. The van der Waals surface area contributed by atoms with E-state index in [4.69, 9.17) is 4.18 Å². The molecule has 0 unspecified atom stereocenters. The van der Waals surface area contributed by atoms with Crippen molar-refractivity contribution in [3.63, 3.8) is 0 Å². The second kappa shape index (κ2) is 6.52. The van der Waals surface area contributed by atoms with Gasteiger partial charge in [0.2, 0.25) is 0 Å². The Morgan fingerprint density at radius 3 is 2.28 bits per heavy atom. The maximum absolute atomic E-state index is 12.5. The summed E-state index contributed by atoms with van der Waals surface area (Å²) in [5, 5.41) is 9.95. The van der Waals surface area contributed by atoms with E-state index in [1.54, 1.807) is 35.9 Å². The Balaban J connectivity index is 1.77. The molecule has 0 spiro atoms. The molecule has 0 aliphatic carbocycles. The number of hydrogen-bond donors (Lipinski definition) is 1. The standard InChI is InChI=1S/C15H19BN2O6S/c1-16(21)18-9-11(24-25(2,22)23)7-10(18)8-17-14(19)12-5-3-4-6-13(12)15(17)20/h3-6,10-11,21H,7-9H2,1-2H3/t10-,11+/m1/s1. The van der Waals surface area contributed by atoms with Crippen LogP contribution in [0.5, 0.6) is 0 Å². The second-order valence-corrected chi connectivity index (χ2v) is 8.01. The van der Waals surface area contributed by atoms with E-state index in [0.717, 1.165) is 11.2 Å². The zero-order valence-electron chi connectivity index (χ0n) is 14.0. The lowest BCUT2D eigenvalue weighted by Crippen LogP contribution is -2.48. The summed E-state index contributed by atoms with van der Waals surface area (Å²) in [5.74, 6) is -0.753. The normalized spacial score (nSPS) is 24.0. The van der Waals surface area contributed by atoms with Crippen LogP contribution < -0.4 is 0 Å². The number of imide groups is 1. The maximum atomic E-state index is 12.5. The Labute approximate surface area is 146 Å². The zero-order valence-corrected chi connectivity index (χ0v) is 14.8. The first kappa shape index (κ1) is 18.1. The molecule has 1 N–H and O–H groups in total. The first-order valence-electron chi connectivity index (χ1n) is 7.94. The van der Waals surface area contributed by atoms with Crippen LogP contribution in [0.4, 0.5) is 0 Å². The number of benzene rings is 1. The minimum Gasteiger partial charge on any atom is -0.437 e. The van der Waals surface area contributed by atoms with Crippen LogP contribution in [-0.2, 0) is 14.3 Å². The van der Waals surface area contributed by atoms with Crippen LogP contribution in [0.25, 0.3) is 0 Å². The van der Waals surface area contributed by atoms with E-state index in [2.05, 4.69) is 0 Å². The number of carbonyl (C=O) groups excluding carboxylic acids is 2. The van der Waals surface area contributed by atoms with Gasteiger partial charge in [0, 0.05) is 19.1 Å². The van der Waals surface area contributed by atoms with E-state index >= 15 is 0 Å². The highest BCUT2D eigenvalue weighted by Crippen LogP contribution is 2.27. The lowest BCUT2D eigenvalue weighted by molar-refractivity contribution is 0.0624. The largest absolute Gasteiger partial charge is 0.437 e. The predicted octanol–water partition coefficient (Wildman–Crippen LogP) is -0.188. The van der Waals surface area contributed by atoms with Gasteiger partial charge in [0.1, 0.15) is 0 Å². The van der Waals surface area contributed by atoms with Crippen molar-refractivity contribution < 1.29 is 27.2 Å². The lowest BCUT2D eigenvalue weighted by atomic mass is 9.84. The molecule has 0 aromatic heterocycles. The van der Waals surface area contributed by atoms with Crippen molar-refractivity contribution in [2.45, 2.75) is 25.4 Å². The van der Waals surface area contributed by atoms with Crippen LogP contribution in [0.2, 0.25) is 6.82 Å². The molecule has 2 atom stereocenters. The molecule has 2 aliphatic heterocycles. The molecule has 10 heteroatoms. The number of amides is 2. The first-order chi connectivity index (χ1) is 11.7. The van der Waals surface area contributed by atoms with Crippen molar-refractivity contribution in [3.05, 3.63) is 35.4 Å². The fraction of sp³-hybridized carbons (Fsp3) is 0.467. The quantitative estimate of drug-likeness (QED) is 0.438. The van der Waals surface area contributed by atoms with Crippen LogP contribution in [0.3, 0.4) is 0 Å². The van der Waals surface area contributed by atoms with Gasteiger partial charge in [0.05, 0.1) is 23.5 Å². The number of hydrogen-bond acceptors (Lipinski definition) is 7. The summed E-state index contributed by atoms with van der Waals surface area (Å²) >= 11 is 0. The molecule has 2 aliphatic rings. The topological polar surface area (TPSA) is 104 Å². The van der Waals surface area contributed by atoms with Crippen LogP contribution >= 0.6 is 0 Å². The van der Waals surface area contributed by atoms with Crippen LogP contribution in [0.15, 0.2) is 24.3 Å². The van der Waals surface area contributed by atoms with Crippen LogP contribution in [0.1, 0.15) is 27.1 Å². The van der Waals surface area contributed by atoms with E-state index in [-0.39, 0.29) is 30.9 Å². The molecular formula is C15H19BN2O6S. The minimum absolute atomic E-state index is 0.0703. The second-order valence-electron chi connectivity index (χ2n) is 6.41. The van der Waals surface area contributed by atoms with Gasteiger partial charge in [-0.2, -0.15) is 8.42 Å². The van der Waals surface area contributed by atoms with Crippen molar-refractivity contribution >= 4 is 29.0 Å². The third-order valence-corrected chi connectivity index (χ3v) is 5.10. The van der Waals surface area contributed by atoms with Gasteiger partial charge in [0.25, 0.3) is 21.9 Å². The molecule has 1 aromatic rings. The van der Waals surface area contributed by atoms with Crippen molar-refractivity contribution in [3.8, 4) is 0 Å². The van der Waals surface area contributed by atoms with Gasteiger partial charge in [0.15, 0.2) is 0 Å². The molecule has 1 fully saturated rings. The highest BCUT2D eigenvalue weighted by Gasteiger charge is 2.43. The molecule has 3 rings (SSSR count). The molecule has 2 amide bonds. The SMILES string of the molecule is CB(O)N1C[C@@H](OS(C)(=O)=O)C[C@@H]1CN1C(=O)c2ccccc2C1=O. The van der Waals surface area contributed by atoms with Crippen molar-refractivity contribution in [1.29, 1.82) is 0 Å². The van der Waals surface area contributed by atoms with E-state index in [0.29, 0.717) is 17.5 Å². The molecule has 1 saturated heterocycles. The number of fused-ring (bicyclic) bond motifs is 1. The van der Waals surface area contributed by atoms with Crippen LogP contribution in [0, 0.1) is 0 Å². The molecule has 0 bridgehead atoms. The number of rotatable bonds is 5. The summed E-state index contributed by atoms with van der Waals surface area (Å²) < 4.78 is 27.7. The Bertz CT molecular complexity index is 777. The monoisotopic (exact) mass is 366 g/mol. The average molecular weight is 366 g/mol. The molecule has 1 aromatic carbocycles. The van der Waals surface area contributed by atoms with Gasteiger partial charge in [-0.3, -0.25) is 18.7 Å². The van der Waals surface area contributed by atoms with E-state index in [1.165, 1.54) is 0 Å². The minimum atomic E-state index is -3.63. The average Bonchev–Trinajstić information content (AvgIpc) is 3.01. The van der Waals surface area contributed by atoms with Gasteiger partial charge in [-0.05, 0) is 25.4 Å². The highest BCUT2D eigenvalue weighted by molar-refractivity contribution is 7.86. The molecule has 0 saturated carbocycles. The van der Waals surface area contributed by atoms with Crippen molar-refractivity contribution in [1.82, 2.24) is 9.71 Å². The summed E-state index contributed by atoms with van der Waals surface area (Å²) in [6.07, 6.45) is 0.646. The molecular weight excluding hydrogens is 347 g/mol. The third kappa shape index (κ3) is 3.62. The Kier molecular flexibility index (Phi) is 4.71. The summed E-state index contributed by atoms with van der Waals surface area (Å²) in [6, 6.07) is 6.22. The van der Waals surface area contributed by atoms with E-state index in [9.17, 15) is 23.0 Å². The fourth-order valence-electron chi connectivity index (χ4n) is 3.47. The summed E-state index contributed by atoms with van der Waals surface area (Å²) in [7, 11) is -4.48. The molecule has 134 valence electrons. The van der Waals surface area contributed by atoms with Crippen molar-refractivity contribution in [2.75, 3.05) is 19.3 Å². The van der Waals surface area contributed by atoms with E-state index in [1.807, 2.05) is 0 Å². The summed E-state index contributed by atoms with van der Waals surface area (Å²) in [6.45, 7) is 1.83. The Hall–Kier alpha value is -1.75. The molecule has 0 radical (unpaired) electrons. The third-order valence-electron chi connectivity index (χ3n) is 4.48. The summed E-state index contributed by atoms with van der Waals surface area (Å²) in [4.78, 5) is 27.7. The predicted molar refractivity (Wildman–Crippen MR) is 90.5 cm³/mol. The Morgan fingerprint density at radius 2 is 1.80 bits per heavy atom.